The Balaban J connectivity index is 2.66. The molecule has 106 valence electrons. The molecule has 0 radical (unpaired) electrons. The maximum atomic E-state index is 11.7. The fraction of sp³-hybridized carbons (Fsp3) is 0.538. The first-order valence-corrected chi connectivity index (χ1v) is 6.17. The van der Waals surface area contributed by atoms with Gasteiger partial charge in [-0.25, -0.2) is 4.79 Å². The SMILES string of the molecule is CCCN(CC(=O)N(C)C)Cc1cc(C(=O)O)co1. The zero-order valence-corrected chi connectivity index (χ0v) is 11.5. The summed E-state index contributed by atoms with van der Waals surface area (Å²) in [5.41, 5.74) is 0.130. The van der Waals surface area contributed by atoms with Crippen molar-refractivity contribution >= 4 is 11.9 Å². The van der Waals surface area contributed by atoms with Gasteiger partial charge >= 0.3 is 5.97 Å². The van der Waals surface area contributed by atoms with Gasteiger partial charge in [0.2, 0.25) is 5.91 Å². The molecule has 1 amide bonds. The van der Waals surface area contributed by atoms with Gasteiger partial charge in [0.1, 0.15) is 12.0 Å². The van der Waals surface area contributed by atoms with Crippen molar-refractivity contribution in [2.24, 2.45) is 0 Å². The second-order valence-corrected chi connectivity index (χ2v) is 4.61. The van der Waals surface area contributed by atoms with Crippen LogP contribution in [0.1, 0.15) is 29.5 Å². The number of likely N-dealkylation sites (N-methyl/N-ethyl adjacent to an activating group) is 1. The zero-order chi connectivity index (χ0) is 14.4. The summed E-state index contributed by atoms with van der Waals surface area (Å²) >= 11 is 0. The predicted octanol–water partition coefficient (Wildman–Crippen LogP) is 1.28. The summed E-state index contributed by atoms with van der Waals surface area (Å²) in [5.74, 6) is -0.447. The van der Waals surface area contributed by atoms with E-state index in [0.717, 1.165) is 13.0 Å². The molecule has 0 fully saturated rings. The highest BCUT2D eigenvalue weighted by molar-refractivity contribution is 5.87. The third-order valence-corrected chi connectivity index (χ3v) is 2.68. The van der Waals surface area contributed by atoms with Crippen LogP contribution in [-0.2, 0) is 11.3 Å². The molecule has 6 heteroatoms. The van der Waals surface area contributed by atoms with E-state index in [0.29, 0.717) is 18.8 Å². The van der Waals surface area contributed by atoms with E-state index < -0.39 is 5.97 Å². The number of rotatable bonds is 7. The van der Waals surface area contributed by atoms with Gasteiger partial charge in [0.15, 0.2) is 0 Å². The molecule has 0 atom stereocenters. The average Bonchev–Trinajstić information content (AvgIpc) is 2.77. The van der Waals surface area contributed by atoms with E-state index in [4.69, 9.17) is 9.52 Å². The molecular weight excluding hydrogens is 248 g/mol. The second-order valence-electron chi connectivity index (χ2n) is 4.61. The molecule has 0 saturated heterocycles. The summed E-state index contributed by atoms with van der Waals surface area (Å²) in [6, 6.07) is 1.49. The van der Waals surface area contributed by atoms with E-state index in [-0.39, 0.29) is 11.5 Å². The number of carboxylic acids is 1. The van der Waals surface area contributed by atoms with Crippen LogP contribution in [-0.4, -0.2) is 54.0 Å². The van der Waals surface area contributed by atoms with Crippen LogP contribution in [0.4, 0.5) is 0 Å². The summed E-state index contributed by atoms with van der Waals surface area (Å²) in [5, 5.41) is 8.82. The van der Waals surface area contributed by atoms with Crippen molar-refractivity contribution in [3.63, 3.8) is 0 Å². The van der Waals surface area contributed by atoms with E-state index >= 15 is 0 Å². The van der Waals surface area contributed by atoms with Crippen LogP contribution in [0.3, 0.4) is 0 Å². The van der Waals surface area contributed by atoms with Crippen LogP contribution in [0.25, 0.3) is 0 Å². The molecule has 1 N–H and O–H groups in total. The average molecular weight is 268 g/mol. The lowest BCUT2D eigenvalue weighted by molar-refractivity contribution is -0.130. The van der Waals surface area contributed by atoms with Gasteiger partial charge in [0.25, 0.3) is 0 Å². The standard InChI is InChI=1S/C13H20N2O4/c1-4-5-15(8-12(16)14(2)3)7-11-6-10(9-19-11)13(17)18/h6,9H,4-5,7-8H2,1-3H3,(H,17,18). The number of hydrogen-bond donors (Lipinski definition) is 1. The molecule has 0 saturated carbocycles. The van der Waals surface area contributed by atoms with E-state index in [9.17, 15) is 9.59 Å². The van der Waals surface area contributed by atoms with Crippen LogP contribution in [0.5, 0.6) is 0 Å². The van der Waals surface area contributed by atoms with Gasteiger partial charge in [-0.05, 0) is 19.0 Å². The quantitative estimate of drug-likeness (QED) is 0.806. The predicted molar refractivity (Wildman–Crippen MR) is 69.9 cm³/mol. The minimum Gasteiger partial charge on any atom is -0.478 e. The number of amides is 1. The third-order valence-electron chi connectivity index (χ3n) is 2.68. The van der Waals surface area contributed by atoms with E-state index in [2.05, 4.69) is 0 Å². The monoisotopic (exact) mass is 268 g/mol. The van der Waals surface area contributed by atoms with Crippen LogP contribution >= 0.6 is 0 Å². The lowest BCUT2D eigenvalue weighted by Crippen LogP contribution is -2.36. The molecule has 6 nitrogen and oxygen atoms in total. The Morgan fingerprint density at radius 1 is 1.37 bits per heavy atom. The van der Waals surface area contributed by atoms with Crippen molar-refractivity contribution < 1.29 is 19.1 Å². The number of hydrogen-bond acceptors (Lipinski definition) is 4. The largest absolute Gasteiger partial charge is 0.478 e. The number of nitrogens with zero attached hydrogens (tertiary/aromatic N) is 2. The van der Waals surface area contributed by atoms with Crippen LogP contribution < -0.4 is 0 Å². The first-order valence-electron chi connectivity index (χ1n) is 6.17. The Kier molecular flexibility index (Phi) is 5.57. The summed E-state index contributed by atoms with van der Waals surface area (Å²) < 4.78 is 5.20. The Labute approximate surface area is 112 Å². The highest BCUT2D eigenvalue weighted by Gasteiger charge is 2.15. The highest BCUT2D eigenvalue weighted by Crippen LogP contribution is 2.11. The molecule has 0 aliphatic heterocycles. The number of carbonyl (C=O) groups excluding carboxylic acids is 1. The minimum atomic E-state index is -1.01. The van der Waals surface area contributed by atoms with Crippen LogP contribution in [0.2, 0.25) is 0 Å². The van der Waals surface area contributed by atoms with Gasteiger partial charge < -0.3 is 14.4 Å². The fourth-order valence-electron chi connectivity index (χ4n) is 1.66. The van der Waals surface area contributed by atoms with Gasteiger partial charge in [0.05, 0.1) is 18.7 Å². The van der Waals surface area contributed by atoms with Gasteiger partial charge in [-0.2, -0.15) is 0 Å². The van der Waals surface area contributed by atoms with Crippen molar-refractivity contribution in [1.29, 1.82) is 0 Å². The van der Waals surface area contributed by atoms with E-state index in [1.165, 1.54) is 17.2 Å². The van der Waals surface area contributed by atoms with Crippen molar-refractivity contribution in [3.8, 4) is 0 Å². The van der Waals surface area contributed by atoms with Crippen molar-refractivity contribution in [2.75, 3.05) is 27.2 Å². The maximum Gasteiger partial charge on any atom is 0.338 e. The molecule has 0 aliphatic carbocycles. The van der Waals surface area contributed by atoms with Gasteiger partial charge in [-0.1, -0.05) is 6.92 Å². The first kappa shape index (κ1) is 15.2. The molecule has 1 aromatic heterocycles. The fourth-order valence-corrected chi connectivity index (χ4v) is 1.66. The van der Waals surface area contributed by atoms with E-state index in [1.807, 2.05) is 11.8 Å². The van der Waals surface area contributed by atoms with Gasteiger partial charge in [-0.15, -0.1) is 0 Å². The first-order chi connectivity index (χ1) is 8.93. The lowest BCUT2D eigenvalue weighted by atomic mass is 10.3. The molecule has 0 aromatic carbocycles. The van der Waals surface area contributed by atoms with Crippen LogP contribution in [0.15, 0.2) is 16.7 Å². The number of carboxylic acid groups (broad SMARTS) is 1. The minimum absolute atomic E-state index is 0.0125. The molecular formula is C13H20N2O4. The van der Waals surface area contributed by atoms with Gasteiger partial charge in [-0.3, -0.25) is 9.69 Å². The second kappa shape index (κ2) is 6.94. The Morgan fingerprint density at radius 3 is 2.53 bits per heavy atom. The highest BCUT2D eigenvalue weighted by atomic mass is 16.4. The topological polar surface area (TPSA) is 74.0 Å². The normalized spacial score (nSPS) is 10.7. The summed E-state index contributed by atoms with van der Waals surface area (Å²) in [4.78, 5) is 25.9. The molecule has 1 aromatic rings. The smallest absolute Gasteiger partial charge is 0.338 e. The molecule has 1 rings (SSSR count). The molecule has 0 unspecified atom stereocenters. The Hall–Kier alpha value is -1.82. The third kappa shape index (κ3) is 4.75. The van der Waals surface area contributed by atoms with Gasteiger partial charge in [0, 0.05) is 14.1 Å². The maximum absolute atomic E-state index is 11.7. The molecule has 0 bridgehead atoms. The van der Waals surface area contributed by atoms with Crippen molar-refractivity contribution in [2.45, 2.75) is 19.9 Å². The van der Waals surface area contributed by atoms with E-state index in [1.54, 1.807) is 14.1 Å². The summed E-state index contributed by atoms with van der Waals surface area (Å²) in [7, 11) is 3.42. The molecule has 0 spiro atoms. The lowest BCUT2D eigenvalue weighted by Gasteiger charge is -2.21. The zero-order valence-electron chi connectivity index (χ0n) is 11.5. The summed E-state index contributed by atoms with van der Waals surface area (Å²) in [6.07, 6.45) is 2.13. The van der Waals surface area contributed by atoms with Crippen molar-refractivity contribution in [3.05, 3.63) is 23.7 Å². The summed E-state index contributed by atoms with van der Waals surface area (Å²) in [6.45, 7) is 3.51. The number of furan rings is 1. The molecule has 0 aliphatic rings. The van der Waals surface area contributed by atoms with Crippen LogP contribution in [0, 0.1) is 0 Å². The number of carbonyl (C=O) groups is 2. The molecule has 19 heavy (non-hydrogen) atoms. The molecule has 1 heterocycles. The Bertz CT molecular complexity index is 440. The van der Waals surface area contributed by atoms with Crippen molar-refractivity contribution in [1.82, 2.24) is 9.80 Å². The Morgan fingerprint density at radius 2 is 2.05 bits per heavy atom. The number of aromatic carboxylic acids is 1.